The molecule has 0 amide bonds. The molecule has 6 heteroatoms. The monoisotopic (exact) mass is 388 g/mol. The molecule has 1 aliphatic rings. The van der Waals surface area contributed by atoms with Crippen LogP contribution in [0.5, 0.6) is 5.75 Å². The van der Waals surface area contributed by atoms with Crippen LogP contribution in [0.15, 0.2) is 72.3 Å². The molecule has 0 atom stereocenters. The summed E-state index contributed by atoms with van der Waals surface area (Å²) < 4.78 is 59.1. The van der Waals surface area contributed by atoms with Crippen molar-refractivity contribution in [3.8, 4) is 5.75 Å². The number of alkyl halides is 3. The highest BCUT2D eigenvalue weighted by Crippen LogP contribution is 2.39. The lowest BCUT2D eigenvalue weighted by molar-refractivity contribution is -0.137. The summed E-state index contributed by atoms with van der Waals surface area (Å²) in [4.78, 5) is 10.7. The minimum Gasteiger partial charge on any atom is -0.489 e. The second kappa shape index (κ2) is 7.84. The Bertz CT molecular complexity index is 967. The number of rotatable bonds is 5. The van der Waals surface area contributed by atoms with Gasteiger partial charge in [-0.15, -0.1) is 0 Å². The van der Waals surface area contributed by atoms with E-state index in [2.05, 4.69) is 6.58 Å². The first kappa shape index (κ1) is 19.6. The van der Waals surface area contributed by atoms with Crippen LogP contribution in [0.25, 0.3) is 5.57 Å². The lowest BCUT2D eigenvalue weighted by atomic mass is 9.87. The summed E-state index contributed by atoms with van der Waals surface area (Å²) in [5, 5.41) is 0. The Morgan fingerprint density at radius 2 is 1.82 bits per heavy atom. The highest BCUT2D eigenvalue weighted by Gasteiger charge is 2.35. The fourth-order valence-corrected chi connectivity index (χ4v) is 2.87. The Hall–Kier alpha value is -3.15. The van der Waals surface area contributed by atoms with Crippen molar-refractivity contribution >= 4 is 11.9 Å². The smallest absolute Gasteiger partial charge is 0.417 e. The van der Waals surface area contributed by atoms with E-state index in [9.17, 15) is 22.4 Å². The van der Waals surface area contributed by atoms with Crippen molar-refractivity contribution in [1.29, 1.82) is 0 Å². The molecule has 0 saturated heterocycles. The number of halogens is 4. The lowest BCUT2D eigenvalue weighted by Crippen LogP contribution is -2.11. The molecule has 2 aromatic carbocycles. The predicted molar refractivity (Wildman–Crippen MR) is 98.5 cm³/mol. The second-order valence-electron chi connectivity index (χ2n) is 6.31. The molecule has 2 nitrogen and oxygen atoms in total. The maximum Gasteiger partial charge on any atom is 0.417 e. The van der Waals surface area contributed by atoms with Crippen molar-refractivity contribution in [2.45, 2.75) is 12.6 Å². The molecule has 2 aromatic rings. The summed E-state index contributed by atoms with van der Waals surface area (Å²) in [5.41, 5.74) is 0.866. The van der Waals surface area contributed by atoms with E-state index in [-0.39, 0.29) is 12.2 Å². The molecule has 0 aromatic heterocycles. The van der Waals surface area contributed by atoms with Crippen molar-refractivity contribution < 1.29 is 27.1 Å². The number of carbonyl (C=O) groups excluding carboxylic acids is 1. The molecular formula is C22H16F4O2. The van der Waals surface area contributed by atoms with Crippen LogP contribution in [0.2, 0.25) is 0 Å². The fourth-order valence-electron chi connectivity index (χ4n) is 2.87. The molecule has 3 rings (SSSR count). The molecule has 1 aliphatic carbocycles. The first-order valence-electron chi connectivity index (χ1n) is 8.42. The zero-order chi connectivity index (χ0) is 20.3. The van der Waals surface area contributed by atoms with E-state index < -0.39 is 17.6 Å². The summed E-state index contributed by atoms with van der Waals surface area (Å²) in [6.07, 6.45) is -0.203. The van der Waals surface area contributed by atoms with Gasteiger partial charge in [0.05, 0.1) is 5.56 Å². The molecule has 0 fully saturated rings. The van der Waals surface area contributed by atoms with Gasteiger partial charge < -0.3 is 4.74 Å². The molecule has 0 unspecified atom stereocenters. The minimum atomic E-state index is -4.68. The van der Waals surface area contributed by atoms with E-state index in [4.69, 9.17) is 4.74 Å². The molecule has 0 bridgehead atoms. The van der Waals surface area contributed by atoms with Gasteiger partial charge in [-0.25, -0.2) is 4.39 Å². The van der Waals surface area contributed by atoms with Gasteiger partial charge in [0.1, 0.15) is 24.5 Å². The Balaban J connectivity index is 1.86. The third-order valence-corrected chi connectivity index (χ3v) is 4.32. The number of ether oxygens (including phenoxy) is 1. The molecule has 144 valence electrons. The summed E-state index contributed by atoms with van der Waals surface area (Å²) in [5.74, 6) is -0.417. The maximum atomic E-state index is 13.4. The number of aldehydes is 1. The SMILES string of the molecule is C=C1CC=C(COc2ccc(C=O)cc2)C=C1c1ccc(F)cc1C(F)(F)F. The van der Waals surface area contributed by atoms with E-state index in [0.29, 0.717) is 40.5 Å². The van der Waals surface area contributed by atoms with Crippen LogP contribution in [0, 0.1) is 5.82 Å². The first-order chi connectivity index (χ1) is 13.3. The molecular weight excluding hydrogens is 372 g/mol. The van der Waals surface area contributed by atoms with Crippen LogP contribution in [0.4, 0.5) is 17.6 Å². The predicted octanol–water partition coefficient (Wildman–Crippen LogP) is 6.01. The summed E-state index contributed by atoms with van der Waals surface area (Å²) in [6.45, 7) is 3.98. The highest BCUT2D eigenvalue weighted by atomic mass is 19.4. The molecule has 0 N–H and O–H groups in total. The third kappa shape index (κ3) is 4.39. The van der Waals surface area contributed by atoms with E-state index in [1.165, 1.54) is 0 Å². The summed E-state index contributed by atoms with van der Waals surface area (Å²) in [7, 11) is 0. The van der Waals surface area contributed by atoms with Crippen LogP contribution < -0.4 is 4.74 Å². The van der Waals surface area contributed by atoms with E-state index in [1.807, 2.05) is 6.08 Å². The van der Waals surface area contributed by atoms with Gasteiger partial charge in [-0.3, -0.25) is 4.79 Å². The maximum absolute atomic E-state index is 13.4. The molecule has 28 heavy (non-hydrogen) atoms. The van der Waals surface area contributed by atoms with E-state index in [0.717, 1.165) is 18.4 Å². The number of hydrogen-bond donors (Lipinski definition) is 0. The van der Waals surface area contributed by atoms with Gasteiger partial charge in [0.15, 0.2) is 0 Å². The van der Waals surface area contributed by atoms with Crippen molar-refractivity contribution in [2.24, 2.45) is 0 Å². The van der Waals surface area contributed by atoms with Crippen molar-refractivity contribution in [3.63, 3.8) is 0 Å². The molecule has 0 aliphatic heterocycles. The van der Waals surface area contributed by atoms with Gasteiger partial charge >= 0.3 is 6.18 Å². The normalized spacial score (nSPS) is 14.4. The van der Waals surface area contributed by atoms with Crippen LogP contribution in [0.3, 0.4) is 0 Å². The summed E-state index contributed by atoms with van der Waals surface area (Å²) >= 11 is 0. The zero-order valence-corrected chi connectivity index (χ0v) is 14.7. The topological polar surface area (TPSA) is 26.3 Å². The minimum absolute atomic E-state index is 0.111. The molecule has 0 heterocycles. The largest absolute Gasteiger partial charge is 0.489 e. The Morgan fingerprint density at radius 3 is 2.46 bits per heavy atom. The average molecular weight is 388 g/mol. The molecule has 0 radical (unpaired) electrons. The number of carbonyl (C=O) groups is 1. The van der Waals surface area contributed by atoms with Crippen molar-refractivity contribution in [1.82, 2.24) is 0 Å². The zero-order valence-electron chi connectivity index (χ0n) is 14.7. The van der Waals surface area contributed by atoms with Gasteiger partial charge in [-0.1, -0.05) is 18.7 Å². The number of benzene rings is 2. The standard InChI is InChI=1S/C22H16F4O2/c1-14-2-3-16(13-28-18-7-4-15(12-27)5-8-18)10-20(14)19-9-6-17(23)11-21(19)22(24,25)26/h3-12H,1-2,13H2. The Morgan fingerprint density at radius 1 is 1.11 bits per heavy atom. The Kier molecular flexibility index (Phi) is 5.49. The fraction of sp³-hybridized carbons (Fsp3) is 0.136. The average Bonchev–Trinajstić information content (AvgIpc) is 2.67. The van der Waals surface area contributed by atoms with Crippen molar-refractivity contribution in [2.75, 3.05) is 6.61 Å². The molecule has 0 spiro atoms. The van der Waals surface area contributed by atoms with Crippen LogP contribution in [0.1, 0.15) is 27.9 Å². The first-order valence-corrected chi connectivity index (χ1v) is 8.42. The second-order valence-corrected chi connectivity index (χ2v) is 6.31. The number of allylic oxidation sites excluding steroid dienone is 3. The van der Waals surface area contributed by atoms with Crippen LogP contribution >= 0.6 is 0 Å². The summed E-state index contributed by atoms with van der Waals surface area (Å²) in [6, 6.07) is 9.10. The van der Waals surface area contributed by atoms with Gasteiger partial charge in [-0.2, -0.15) is 13.2 Å². The van der Waals surface area contributed by atoms with Gasteiger partial charge in [0.2, 0.25) is 0 Å². The van der Waals surface area contributed by atoms with Gasteiger partial charge in [-0.05, 0) is 71.2 Å². The lowest BCUT2D eigenvalue weighted by Gasteiger charge is -2.21. The van der Waals surface area contributed by atoms with Crippen LogP contribution in [-0.2, 0) is 6.18 Å². The third-order valence-electron chi connectivity index (χ3n) is 4.32. The molecule has 0 saturated carbocycles. The van der Waals surface area contributed by atoms with Gasteiger partial charge in [0.25, 0.3) is 0 Å². The van der Waals surface area contributed by atoms with Crippen molar-refractivity contribution in [3.05, 3.63) is 94.8 Å². The van der Waals surface area contributed by atoms with Gasteiger partial charge in [0, 0.05) is 5.56 Å². The van der Waals surface area contributed by atoms with Crippen LogP contribution in [-0.4, -0.2) is 12.9 Å². The highest BCUT2D eigenvalue weighted by molar-refractivity contribution is 5.83. The quantitative estimate of drug-likeness (QED) is 0.463. The van der Waals surface area contributed by atoms with E-state index >= 15 is 0 Å². The Labute approximate surface area is 159 Å². The number of hydrogen-bond acceptors (Lipinski definition) is 2. The van der Waals surface area contributed by atoms with E-state index in [1.54, 1.807) is 30.3 Å².